The van der Waals surface area contributed by atoms with Crippen LogP contribution in [0.4, 0.5) is 0 Å². The number of nitrogens with zero attached hydrogens (tertiary/aromatic N) is 3. The summed E-state index contributed by atoms with van der Waals surface area (Å²) < 4.78 is 1.67. The largest absolute Gasteiger partial charge is 0.339 e. The Morgan fingerprint density at radius 3 is 2.54 bits per heavy atom. The van der Waals surface area contributed by atoms with Crippen molar-refractivity contribution in [1.82, 2.24) is 14.5 Å². The van der Waals surface area contributed by atoms with E-state index in [0.29, 0.717) is 21.4 Å². The van der Waals surface area contributed by atoms with Gasteiger partial charge in [0.15, 0.2) is 5.16 Å². The smallest absolute Gasteiger partial charge is 0.268 e. The van der Waals surface area contributed by atoms with Gasteiger partial charge < -0.3 is 4.90 Å². The molecule has 4 aromatic rings. The minimum Gasteiger partial charge on any atom is -0.339 e. The summed E-state index contributed by atoms with van der Waals surface area (Å²) in [4.78, 5) is 35.1. The second-order valence-corrected chi connectivity index (χ2v) is 11.1. The van der Waals surface area contributed by atoms with Crippen molar-refractivity contribution in [2.45, 2.75) is 56.0 Å². The molecule has 2 aromatic heterocycles. The lowest BCUT2D eigenvalue weighted by Gasteiger charge is -2.36. The average molecular weight is 504 g/mol. The van der Waals surface area contributed by atoms with E-state index in [1.807, 2.05) is 77.9 Å². The molecular weight excluding hydrogens is 474 g/mol. The summed E-state index contributed by atoms with van der Waals surface area (Å²) >= 11 is 2.86. The summed E-state index contributed by atoms with van der Waals surface area (Å²) in [5.74, 6) is 0.131. The zero-order valence-corrected chi connectivity index (χ0v) is 21.6. The van der Waals surface area contributed by atoms with Crippen LogP contribution in [0.3, 0.4) is 0 Å². The first-order chi connectivity index (χ1) is 17.1. The minimum atomic E-state index is -0.338. The van der Waals surface area contributed by atoms with Crippen LogP contribution in [0.25, 0.3) is 27.0 Å². The fourth-order valence-corrected chi connectivity index (χ4v) is 6.83. The van der Waals surface area contributed by atoms with Gasteiger partial charge in [-0.2, -0.15) is 0 Å². The SMILES string of the molecule is CC[C@@H]1CCCCN1C(=O)[C@H](C)Sc1nc2scc(-c3ccccc3)c2c(=O)n1-c1ccccc1. The van der Waals surface area contributed by atoms with Crippen LogP contribution in [0.5, 0.6) is 0 Å². The molecule has 2 atom stereocenters. The van der Waals surface area contributed by atoms with Gasteiger partial charge in [0.2, 0.25) is 5.91 Å². The Morgan fingerprint density at radius 1 is 1.11 bits per heavy atom. The maximum atomic E-state index is 14.0. The van der Waals surface area contributed by atoms with Crippen LogP contribution >= 0.6 is 23.1 Å². The molecule has 35 heavy (non-hydrogen) atoms. The number of rotatable bonds is 6. The van der Waals surface area contributed by atoms with Gasteiger partial charge in [-0.05, 0) is 50.3 Å². The maximum Gasteiger partial charge on any atom is 0.268 e. The molecule has 0 N–H and O–H groups in total. The van der Waals surface area contributed by atoms with Crippen LogP contribution in [0.2, 0.25) is 0 Å². The summed E-state index contributed by atoms with van der Waals surface area (Å²) in [6.07, 6.45) is 4.27. The molecule has 1 aliphatic heterocycles. The average Bonchev–Trinajstić information content (AvgIpc) is 3.33. The van der Waals surface area contributed by atoms with Gasteiger partial charge in [0.1, 0.15) is 4.83 Å². The Bertz CT molecular complexity index is 1380. The molecule has 0 spiro atoms. The highest BCUT2D eigenvalue weighted by Gasteiger charge is 2.30. The number of likely N-dealkylation sites (tertiary alicyclic amines) is 1. The van der Waals surface area contributed by atoms with E-state index < -0.39 is 0 Å². The molecule has 2 aromatic carbocycles. The lowest BCUT2D eigenvalue weighted by molar-refractivity contribution is -0.134. The molecule has 180 valence electrons. The van der Waals surface area contributed by atoms with E-state index in [2.05, 4.69) is 6.92 Å². The van der Waals surface area contributed by atoms with Gasteiger partial charge >= 0.3 is 0 Å². The number of aromatic nitrogens is 2. The Kier molecular flexibility index (Phi) is 7.07. The molecule has 3 heterocycles. The second-order valence-electron chi connectivity index (χ2n) is 8.92. The number of amides is 1. The Hall–Kier alpha value is -2.90. The third kappa shape index (κ3) is 4.67. The first-order valence-electron chi connectivity index (χ1n) is 12.2. The predicted molar refractivity (Wildman–Crippen MR) is 146 cm³/mol. The Labute approximate surface area is 213 Å². The summed E-state index contributed by atoms with van der Waals surface area (Å²) in [5.41, 5.74) is 2.54. The van der Waals surface area contributed by atoms with Crippen LogP contribution < -0.4 is 5.56 Å². The summed E-state index contributed by atoms with van der Waals surface area (Å²) in [6.45, 7) is 4.90. The highest BCUT2D eigenvalue weighted by Crippen LogP contribution is 2.34. The highest BCUT2D eigenvalue weighted by molar-refractivity contribution is 8.00. The van der Waals surface area contributed by atoms with E-state index in [0.717, 1.165) is 42.6 Å². The monoisotopic (exact) mass is 503 g/mol. The van der Waals surface area contributed by atoms with E-state index in [1.54, 1.807) is 4.57 Å². The standard InChI is InChI=1S/C28H29N3O2S2/c1-3-21-14-10-11-17-30(21)26(32)19(2)35-28-29-25-24(23(18-34-25)20-12-6-4-7-13-20)27(33)31(28)22-15-8-5-9-16-22/h4-9,12-13,15-16,18-19,21H,3,10-11,14,17H2,1-2H3/t19-,21+/m0/s1. The fraction of sp³-hybridized carbons (Fsp3) is 0.321. The molecular formula is C28H29N3O2S2. The Morgan fingerprint density at radius 2 is 1.83 bits per heavy atom. The maximum absolute atomic E-state index is 14.0. The van der Waals surface area contributed by atoms with Crippen molar-refractivity contribution >= 4 is 39.2 Å². The lowest BCUT2D eigenvalue weighted by Crippen LogP contribution is -2.46. The molecule has 1 fully saturated rings. The number of para-hydroxylation sites is 1. The third-order valence-corrected chi connectivity index (χ3v) is 8.60. The van der Waals surface area contributed by atoms with Crippen molar-refractivity contribution in [2.75, 3.05) is 6.54 Å². The quantitative estimate of drug-likeness (QED) is 0.226. The van der Waals surface area contributed by atoms with Crippen molar-refractivity contribution in [3.05, 3.63) is 76.4 Å². The zero-order valence-electron chi connectivity index (χ0n) is 20.0. The topological polar surface area (TPSA) is 55.2 Å². The number of carbonyl (C=O) groups excluding carboxylic acids is 1. The molecule has 5 nitrogen and oxygen atoms in total. The van der Waals surface area contributed by atoms with E-state index in [-0.39, 0.29) is 16.7 Å². The van der Waals surface area contributed by atoms with E-state index >= 15 is 0 Å². The van der Waals surface area contributed by atoms with Crippen LogP contribution in [0.15, 0.2) is 76.0 Å². The van der Waals surface area contributed by atoms with Gasteiger partial charge in [-0.3, -0.25) is 14.2 Å². The molecule has 1 saturated heterocycles. The third-order valence-electron chi connectivity index (χ3n) is 6.69. The van der Waals surface area contributed by atoms with Gasteiger partial charge in [-0.15, -0.1) is 11.3 Å². The molecule has 0 aliphatic carbocycles. The predicted octanol–water partition coefficient (Wildman–Crippen LogP) is 6.39. The molecule has 7 heteroatoms. The van der Waals surface area contributed by atoms with Gasteiger partial charge in [0.25, 0.3) is 5.56 Å². The summed E-state index contributed by atoms with van der Waals surface area (Å²) in [7, 11) is 0. The Balaban J connectivity index is 1.58. The number of carbonyl (C=O) groups is 1. The van der Waals surface area contributed by atoms with E-state index in [4.69, 9.17) is 4.98 Å². The molecule has 0 saturated carbocycles. The zero-order chi connectivity index (χ0) is 24.4. The van der Waals surface area contributed by atoms with E-state index in [9.17, 15) is 9.59 Å². The number of piperidine rings is 1. The molecule has 0 unspecified atom stereocenters. The van der Waals surface area contributed by atoms with Crippen molar-refractivity contribution < 1.29 is 4.79 Å². The minimum absolute atomic E-state index is 0.104. The number of hydrogen-bond donors (Lipinski definition) is 0. The summed E-state index contributed by atoms with van der Waals surface area (Å²) in [5, 5.41) is 2.85. The van der Waals surface area contributed by atoms with Gasteiger partial charge in [0.05, 0.1) is 16.3 Å². The van der Waals surface area contributed by atoms with Crippen LogP contribution in [-0.2, 0) is 4.79 Å². The first kappa shape index (κ1) is 23.8. The van der Waals surface area contributed by atoms with Gasteiger partial charge in [0, 0.05) is 23.5 Å². The van der Waals surface area contributed by atoms with Crippen LogP contribution in [0, 0.1) is 0 Å². The normalized spacial score (nSPS) is 17.0. The van der Waals surface area contributed by atoms with Crippen molar-refractivity contribution in [1.29, 1.82) is 0 Å². The number of thiophene rings is 1. The molecule has 1 aliphatic rings. The molecule has 5 rings (SSSR count). The van der Waals surface area contributed by atoms with Gasteiger partial charge in [-0.25, -0.2) is 4.98 Å². The molecule has 1 amide bonds. The van der Waals surface area contributed by atoms with Crippen molar-refractivity contribution in [2.24, 2.45) is 0 Å². The number of hydrogen-bond acceptors (Lipinski definition) is 5. The first-order valence-corrected chi connectivity index (χ1v) is 14.0. The highest BCUT2D eigenvalue weighted by atomic mass is 32.2. The number of benzene rings is 2. The number of thioether (sulfide) groups is 1. The van der Waals surface area contributed by atoms with E-state index in [1.165, 1.54) is 29.5 Å². The second kappa shape index (κ2) is 10.4. The van der Waals surface area contributed by atoms with Crippen molar-refractivity contribution in [3.63, 3.8) is 0 Å². The fourth-order valence-electron chi connectivity index (χ4n) is 4.84. The van der Waals surface area contributed by atoms with Crippen LogP contribution in [0.1, 0.15) is 39.5 Å². The molecule has 0 radical (unpaired) electrons. The van der Waals surface area contributed by atoms with Crippen molar-refractivity contribution in [3.8, 4) is 16.8 Å². The van der Waals surface area contributed by atoms with Crippen LogP contribution in [-0.4, -0.2) is 38.2 Å². The number of fused-ring (bicyclic) bond motifs is 1. The van der Waals surface area contributed by atoms with Gasteiger partial charge in [-0.1, -0.05) is 67.2 Å². The summed E-state index contributed by atoms with van der Waals surface area (Å²) in [6, 6.07) is 19.8. The molecule has 0 bridgehead atoms. The lowest BCUT2D eigenvalue weighted by atomic mass is 10.00.